The maximum atomic E-state index is 11.1. The van der Waals surface area contributed by atoms with Gasteiger partial charge in [0.25, 0.3) is 0 Å². The number of aliphatic hydroxyl groups is 2. The summed E-state index contributed by atoms with van der Waals surface area (Å²) >= 11 is 0. The van der Waals surface area contributed by atoms with Gasteiger partial charge in [-0.15, -0.1) is 0 Å². The molecule has 0 aromatic carbocycles. The van der Waals surface area contributed by atoms with Gasteiger partial charge in [0.1, 0.15) is 0 Å². The summed E-state index contributed by atoms with van der Waals surface area (Å²) in [6.45, 7) is 3.09. The zero-order valence-corrected chi connectivity index (χ0v) is 10.7. The Labute approximate surface area is 106 Å². The fraction of sp³-hybridized carbons (Fsp3) is 0.667. The second-order valence-corrected chi connectivity index (χ2v) is 3.56. The van der Waals surface area contributed by atoms with E-state index < -0.39 is 17.9 Å². The Hall–Kier alpha value is -1.40. The Morgan fingerprint density at radius 1 is 1.11 bits per heavy atom. The van der Waals surface area contributed by atoms with Gasteiger partial charge in [0.15, 0.2) is 0 Å². The highest BCUT2D eigenvalue weighted by molar-refractivity contribution is 5.71. The highest BCUT2D eigenvalue weighted by atomic mass is 16.8. The molecule has 0 aliphatic rings. The van der Waals surface area contributed by atoms with Gasteiger partial charge in [-0.05, 0) is 6.42 Å². The van der Waals surface area contributed by atoms with E-state index in [2.05, 4.69) is 0 Å². The Balaban J connectivity index is 4.57. The number of carbonyl (C=O) groups excluding carboxylic acids is 2. The fourth-order valence-corrected chi connectivity index (χ4v) is 1.03. The molecule has 0 heterocycles. The largest absolute Gasteiger partial charge is 0.398 e. The predicted octanol–water partition coefficient (Wildman–Crippen LogP) is 0.868. The van der Waals surface area contributed by atoms with Gasteiger partial charge in [-0.3, -0.25) is 9.59 Å². The van der Waals surface area contributed by atoms with E-state index >= 15 is 0 Å². The van der Waals surface area contributed by atoms with Crippen LogP contribution >= 0.6 is 0 Å². The van der Waals surface area contributed by atoms with Crippen LogP contribution in [0.3, 0.4) is 0 Å². The molecular weight excluding hydrogens is 240 g/mol. The van der Waals surface area contributed by atoms with Gasteiger partial charge in [-0.1, -0.05) is 26.0 Å². The third-order valence-corrected chi connectivity index (χ3v) is 1.96. The van der Waals surface area contributed by atoms with Gasteiger partial charge in [-0.25, -0.2) is 0 Å². The average molecular weight is 260 g/mol. The summed E-state index contributed by atoms with van der Waals surface area (Å²) in [6.07, 6.45) is 3.41. The van der Waals surface area contributed by atoms with E-state index in [9.17, 15) is 14.7 Å². The van der Waals surface area contributed by atoms with E-state index in [-0.39, 0.29) is 25.9 Å². The molecule has 0 rings (SSSR count). The number of aliphatic hydroxyl groups excluding tert-OH is 1. The van der Waals surface area contributed by atoms with Gasteiger partial charge >= 0.3 is 17.9 Å². The molecule has 0 saturated heterocycles. The number of hydrogen-bond acceptors (Lipinski definition) is 6. The molecule has 104 valence electrons. The SMILES string of the molecule is CCC(=O)OC(O)(C/C=C/CCO)OC(=O)CC. The van der Waals surface area contributed by atoms with Crippen molar-refractivity contribution in [3.63, 3.8) is 0 Å². The molecule has 0 spiro atoms. The number of ether oxygens (including phenoxy) is 2. The van der Waals surface area contributed by atoms with Gasteiger partial charge < -0.3 is 19.7 Å². The third-order valence-electron chi connectivity index (χ3n) is 1.96. The zero-order valence-electron chi connectivity index (χ0n) is 10.7. The first kappa shape index (κ1) is 16.6. The summed E-state index contributed by atoms with van der Waals surface area (Å²) in [5.74, 6) is -3.61. The first-order valence-electron chi connectivity index (χ1n) is 5.89. The third kappa shape index (κ3) is 7.03. The van der Waals surface area contributed by atoms with Crippen LogP contribution in [0.4, 0.5) is 0 Å². The maximum absolute atomic E-state index is 11.1. The molecule has 0 aromatic rings. The molecule has 0 aliphatic heterocycles. The molecule has 2 N–H and O–H groups in total. The minimum Gasteiger partial charge on any atom is -0.398 e. The molecule has 0 amide bonds. The van der Waals surface area contributed by atoms with Crippen LogP contribution in [-0.4, -0.2) is 34.7 Å². The van der Waals surface area contributed by atoms with E-state index in [0.29, 0.717) is 6.42 Å². The number of rotatable bonds is 8. The second-order valence-electron chi connectivity index (χ2n) is 3.56. The summed E-state index contributed by atoms with van der Waals surface area (Å²) in [7, 11) is 0. The standard InChI is InChI=1S/C12H20O6/c1-3-10(14)17-12(16,18-11(15)4-2)8-6-5-7-9-13/h5-6,13,16H,3-4,7-9H2,1-2H3/b6-5+. The Morgan fingerprint density at radius 3 is 2.00 bits per heavy atom. The molecular formula is C12H20O6. The van der Waals surface area contributed by atoms with Crippen molar-refractivity contribution < 1.29 is 29.3 Å². The van der Waals surface area contributed by atoms with Crippen LogP contribution in [0.1, 0.15) is 39.5 Å². The second kappa shape index (κ2) is 8.66. The Bertz CT molecular complexity index is 279. The van der Waals surface area contributed by atoms with Gasteiger partial charge in [0.2, 0.25) is 0 Å². The van der Waals surface area contributed by atoms with Crippen LogP contribution in [0, 0.1) is 0 Å². The van der Waals surface area contributed by atoms with Crippen molar-refractivity contribution in [2.24, 2.45) is 0 Å². The summed E-state index contributed by atoms with van der Waals surface area (Å²) in [6, 6.07) is 0. The van der Waals surface area contributed by atoms with Gasteiger partial charge in [-0.2, -0.15) is 0 Å². The van der Waals surface area contributed by atoms with Crippen molar-refractivity contribution in [1.82, 2.24) is 0 Å². The molecule has 6 nitrogen and oxygen atoms in total. The molecule has 0 radical (unpaired) electrons. The van der Waals surface area contributed by atoms with Crippen LogP contribution in [0.25, 0.3) is 0 Å². The van der Waals surface area contributed by atoms with Crippen molar-refractivity contribution in [3.05, 3.63) is 12.2 Å². The van der Waals surface area contributed by atoms with Crippen molar-refractivity contribution in [2.75, 3.05) is 6.61 Å². The smallest absolute Gasteiger partial charge is 0.376 e. The topological polar surface area (TPSA) is 93.1 Å². The zero-order chi connectivity index (χ0) is 14.0. The lowest BCUT2D eigenvalue weighted by atomic mass is 10.3. The molecule has 0 fully saturated rings. The van der Waals surface area contributed by atoms with Crippen molar-refractivity contribution in [2.45, 2.75) is 45.5 Å². The van der Waals surface area contributed by atoms with Crippen molar-refractivity contribution in [1.29, 1.82) is 0 Å². The lowest BCUT2D eigenvalue weighted by Crippen LogP contribution is -2.39. The summed E-state index contributed by atoms with van der Waals surface area (Å²) in [5, 5.41) is 18.5. The average Bonchev–Trinajstić information content (AvgIpc) is 2.34. The maximum Gasteiger partial charge on any atom is 0.376 e. The summed E-state index contributed by atoms with van der Waals surface area (Å²) < 4.78 is 9.40. The van der Waals surface area contributed by atoms with Crippen molar-refractivity contribution in [3.8, 4) is 0 Å². The Kier molecular flexibility index (Phi) is 7.98. The molecule has 0 aliphatic carbocycles. The summed E-state index contributed by atoms with van der Waals surface area (Å²) in [5.41, 5.74) is 0. The first-order valence-corrected chi connectivity index (χ1v) is 5.89. The minimum absolute atomic E-state index is 0.0293. The number of esters is 2. The molecule has 0 saturated carbocycles. The van der Waals surface area contributed by atoms with Gasteiger partial charge in [0, 0.05) is 19.4 Å². The number of carbonyl (C=O) groups is 2. The highest BCUT2D eigenvalue weighted by Gasteiger charge is 2.34. The number of hydrogen-bond donors (Lipinski definition) is 2. The fourth-order valence-electron chi connectivity index (χ4n) is 1.03. The molecule has 0 bridgehead atoms. The van der Waals surface area contributed by atoms with E-state index in [4.69, 9.17) is 14.6 Å². The highest BCUT2D eigenvalue weighted by Crippen LogP contribution is 2.17. The van der Waals surface area contributed by atoms with E-state index in [1.165, 1.54) is 6.08 Å². The molecule has 0 aromatic heterocycles. The van der Waals surface area contributed by atoms with Crippen LogP contribution in [-0.2, 0) is 19.1 Å². The predicted molar refractivity (Wildman–Crippen MR) is 63.2 cm³/mol. The van der Waals surface area contributed by atoms with E-state index in [1.807, 2.05) is 0 Å². The molecule has 18 heavy (non-hydrogen) atoms. The van der Waals surface area contributed by atoms with Crippen LogP contribution in [0.2, 0.25) is 0 Å². The van der Waals surface area contributed by atoms with E-state index in [1.54, 1.807) is 19.9 Å². The lowest BCUT2D eigenvalue weighted by molar-refractivity contribution is -0.322. The van der Waals surface area contributed by atoms with Gasteiger partial charge in [0.05, 0.1) is 6.42 Å². The summed E-state index contributed by atoms with van der Waals surface area (Å²) in [4.78, 5) is 22.3. The molecule has 0 unspecified atom stereocenters. The molecule has 6 heteroatoms. The van der Waals surface area contributed by atoms with Crippen LogP contribution in [0.15, 0.2) is 12.2 Å². The lowest BCUT2D eigenvalue weighted by Gasteiger charge is -2.25. The monoisotopic (exact) mass is 260 g/mol. The Morgan fingerprint density at radius 2 is 1.61 bits per heavy atom. The molecule has 0 atom stereocenters. The van der Waals surface area contributed by atoms with Crippen LogP contribution < -0.4 is 0 Å². The first-order chi connectivity index (χ1) is 8.47. The van der Waals surface area contributed by atoms with Crippen molar-refractivity contribution >= 4 is 11.9 Å². The normalized spacial score (nSPS) is 11.6. The van der Waals surface area contributed by atoms with E-state index in [0.717, 1.165) is 0 Å². The minimum atomic E-state index is -2.27. The quantitative estimate of drug-likeness (QED) is 0.382. The van der Waals surface area contributed by atoms with Crippen LogP contribution in [0.5, 0.6) is 0 Å².